The molecule has 9 heteroatoms. The number of nitrogens with zero attached hydrogens (tertiary/aromatic N) is 4. The second kappa shape index (κ2) is 9.67. The van der Waals surface area contributed by atoms with E-state index in [0.29, 0.717) is 17.9 Å². The SMILES string of the molecule is COc1cc(/C=C2\CCCN3C2=NOC2(CCCC2)[C@@H]3c2cc(F)c(F)c(F)c2)ccc1N1C=NC(C)C1. The molecule has 2 fully saturated rings. The molecule has 2 aromatic rings. The summed E-state index contributed by atoms with van der Waals surface area (Å²) >= 11 is 0. The molecule has 38 heavy (non-hydrogen) atoms. The van der Waals surface area contributed by atoms with Crippen LogP contribution >= 0.6 is 0 Å². The van der Waals surface area contributed by atoms with Crippen molar-refractivity contribution >= 4 is 23.9 Å². The molecule has 200 valence electrons. The minimum atomic E-state index is -1.45. The molecule has 1 saturated carbocycles. The summed E-state index contributed by atoms with van der Waals surface area (Å²) in [5.41, 5.74) is 2.57. The molecule has 4 aliphatic rings. The number of piperidine rings is 1. The molecule has 0 radical (unpaired) electrons. The molecule has 0 aromatic heterocycles. The first-order chi connectivity index (χ1) is 18.4. The summed E-state index contributed by atoms with van der Waals surface area (Å²) in [6.45, 7) is 3.54. The molecule has 6 nitrogen and oxygen atoms in total. The van der Waals surface area contributed by atoms with E-state index < -0.39 is 29.1 Å². The summed E-state index contributed by atoms with van der Waals surface area (Å²) in [5.74, 6) is -2.42. The van der Waals surface area contributed by atoms with Crippen LogP contribution in [0.1, 0.15) is 62.6 Å². The number of hydrogen-bond acceptors (Lipinski definition) is 6. The Balaban J connectivity index is 1.37. The van der Waals surface area contributed by atoms with Gasteiger partial charge in [0.05, 0.1) is 31.2 Å². The van der Waals surface area contributed by atoms with Crippen molar-refractivity contribution in [2.75, 3.05) is 25.1 Å². The third kappa shape index (κ3) is 4.22. The molecule has 2 atom stereocenters. The average Bonchev–Trinajstić information content (AvgIpc) is 3.56. The van der Waals surface area contributed by atoms with E-state index in [1.165, 1.54) is 0 Å². The lowest BCUT2D eigenvalue weighted by atomic mass is 9.83. The molecule has 0 amide bonds. The van der Waals surface area contributed by atoms with Gasteiger partial charge in [0, 0.05) is 13.1 Å². The summed E-state index contributed by atoms with van der Waals surface area (Å²) in [5, 5.41) is 4.59. The van der Waals surface area contributed by atoms with E-state index in [1.807, 2.05) is 24.5 Å². The second-order valence-electron chi connectivity index (χ2n) is 10.6. The number of aliphatic imine (C=N–C) groups is 1. The first-order valence-electron chi connectivity index (χ1n) is 13.2. The van der Waals surface area contributed by atoms with Crippen molar-refractivity contribution in [3.63, 3.8) is 0 Å². The fourth-order valence-electron chi connectivity index (χ4n) is 6.32. The standard InChI is InChI=1S/C29H31F3N4O2/c1-18-16-35(17-33-18)24-8-7-19(13-25(24)37-2)12-20-6-5-11-36-27(21-14-22(30)26(32)23(31)15-21)29(9-3-4-10-29)38-34-28(20)36/h7-8,12-15,17-18,27H,3-6,9-11,16H2,1-2H3/b20-12+/t18?,27-/m0/s1. The lowest BCUT2D eigenvalue weighted by Gasteiger charge is -2.49. The van der Waals surface area contributed by atoms with Gasteiger partial charge in [-0.05, 0) is 92.5 Å². The zero-order chi connectivity index (χ0) is 26.4. The Bertz CT molecular complexity index is 1310. The third-order valence-corrected chi connectivity index (χ3v) is 8.08. The van der Waals surface area contributed by atoms with Crippen molar-refractivity contribution in [3.8, 4) is 5.75 Å². The Morgan fingerprint density at radius 3 is 2.53 bits per heavy atom. The molecule has 1 spiro atoms. The first-order valence-corrected chi connectivity index (χ1v) is 13.2. The molecule has 3 heterocycles. The quantitative estimate of drug-likeness (QED) is 0.445. The van der Waals surface area contributed by atoms with Crippen LogP contribution in [-0.2, 0) is 4.84 Å². The van der Waals surface area contributed by atoms with Gasteiger partial charge in [0.2, 0.25) is 0 Å². The fourth-order valence-corrected chi connectivity index (χ4v) is 6.32. The Hall–Kier alpha value is -3.49. The van der Waals surface area contributed by atoms with Crippen LogP contribution in [0, 0.1) is 17.5 Å². The predicted molar refractivity (Wildman–Crippen MR) is 141 cm³/mol. The highest BCUT2D eigenvalue weighted by Crippen LogP contribution is 2.50. The van der Waals surface area contributed by atoms with Gasteiger partial charge in [-0.15, -0.1) is 0 Å². The molecular formula is C29H31F3N4O2. The number of hydrogen-bond donors (Lipinski definition) is 0. The van der Waals surface area contributed by atoms with Crippen LogP contribution in [0.3, 0.4) is 0 Å². The summed E-state index contributed by atoms with van der Waals surface area (Å²) < 4.78 is 48.3. The van der Waals surface area contributed by atoms with Gasteiger partial charge in [0.1, 0.15) is 5.75 Å². The van der Waals surface area contributed by atoms with Gasteiger partial charge >= 0.3 is 0 Å². The van der Waals surface area contributed by atoms with E-state index in [2.05, 4.69) is 32.9 Å². The van der Waals surface area contributed by atoms with Crippen LogP contribution in [0.5, 0.6) is 5.75 Å². The van der Waals surface area contributed by atoms with Crippen molar-refractivity contribution in [2.45, 2.75) is 63.1 Å². The molecule has 6 rings (SSSR count). The van der Waals surface area contributed by atoms with Gasteiger partial charge in [-0.3, -0.25) is 4.99 Å². The Labute approximate surface area is 220 Å². The van der Waals surface area contributed by atoms with Gasteiger partial charge in [-0.1, -0.05) is 11.2 Å². The largest absolute Gasteiger partial charge is 0.495 e. The van der Waals surface area contributed by atoms with Crippen molar-refractivity contribution in [2.24, 2.45) is 10.1 Å². The number of fused-ring (bicyclic) bond motifs is 1. The minimum Gasteiger partial charge on any atom is -0.495 e. The summed E-state index contributed by atoms with van der Waals surface area (Å²) in [4.78, 5) is 14.8. The Morgan fingerprint density at radius 1 is 1.08 bits per heavy atom. The number of methoxy groups -OCH3 is 1. The van der Waals surface area contributed by atoms with Gasteiger partial charge in [-0.25, -0.2) is 13.2 Å². The van der Waals surface area contributed by atoms with Crippen molar-refractivity contribution in [1.82, 2.24) is 4.90 Å². The van der Waals surface area contributed by atoms with E-state index in [-0.39, 0.29) is 6.04 Å². The molecule has 1 aliphatic carbocycles. The predicted octanol–water partition coefficient (Wildman–Crippen LogP) is 6.23. The average molecular weight is 525 g/mol. The van der Waals surface area contributed by atoms with Crippen LogP contribution in [0.2, 0.25) is 0 Å². The van der Waals surface area contributed by atoms with Gasteiger partial charge in [0.25, 0.3) is 0 Å². The number of amidine groups is 1. The van der Waals surface area contributed by atoms with E-state index in [0.717, 1.165) is 79.8 Å². The van der Waals surface area contributed by atoms with Crippen LogP contribution < -0.4 is 9.64 Å². The molecule has 3 aliphatic heterocycles. The second-order valence-corrected chi connectivity index (χ2v) is 10.6. The van der Waals surface area contributed by atoms with Crippen LogP contribution in [0.15, 0.2) is 46.1 Å². The van der Waals surface area contributed by atoms with Crippen molar-refractivity contribution in [1.29, 1.82) is 0 Å². The normalized spacial score (nSPS) is 25.1. The first kappa shape index (κ1) is 24.8. The molecule has 1 unspecified atom stereocenters. The van der Waals surface area contributed by atoms with Gasteiger partial charge in [-0.2, -0.15) is 0 Å². The van der Waals surface area contributed by atoms with Crippen LogP contribution in [0.25, 0.3) is 6.08 Å². The zero-order valence-corrected chi connectivity index (χ0v) is 21.6. The summed E-state index contributed by atoms with van der Waals surface area (Å²) in [6, 6.07) is 8.04. The highest BCUT2D eigenvalue weighted by molar-refractivity contribution is 6.03. The van der Waals surface area contributed by atoms with E-state index >= 15 is 0 Å². The fraction of sp³-hybridized carbons (Fsp3) is 0.448. The topological polar surface area (TPSA) is 49.7 Å². The van der Waals surface area contributed by atoms with E-state index in [1.54, 1.807) is 7.11 Å². The number of ether oxygens (including phenoxy) is 1. The smallest absolute Gasteiger partial charge is 0.194 e. The maximum absolute atomic E-state index is 14.4. The maximum atomic E-state index is 14.4. The molecule has 1 saturated heterocycles. The summed E-state index contributed by atoms with van der Waals surface area (Å²) in [7, 11) is 1.65. The summed E-state index contributed by atoms with van der Waals surface area (Å²) in [6.07, 6.45) is 8.87. The lowest BCUT2D eigenvalue weighted by molar-refractivity contribution is -0.108. The highest BCUT2D eigenvalue weighted by Gasteiger charge is 2.52. The monoisotopic (exact) mass is 524 g/mol. The Kier molecular flexibility index (Phi) is 6.32. The number of halogens is 3. The van der Waals surface area contributed by atoms with E-state index in [4.69, 9.17) is 9.57 Å². The zero-order valence-electron chi connectivity index (χ0n) is 21.6. The maximum Gasteiger partial charge on any atom is 0.194 e. The lowest BCUT2D eigenvalue weighted by Crippen LogP contribution is -2.54. The minimum absolute atomic E-state index is 0.234. The number of rotatable bonds is 4. The number of benzene rings is 2. The Morgan fingerprint density at radius 2 is 1.84 bits per heavy atom. The highest BCUT2D eigenvalue weighted by atomic mass is 19.2. The third-order valence-electron chi connectivity index (χ3n) is 8.08. The van der Waals surface area contributed by atoms with Crippen LogP contribution in [0.4, 0.5) is 18.9 Å². The number of oxime groups is 1. The van der Waals surface area contributed by atoms with Crippen LogP contribution in [-0.4, -0.2) is 48.9 Å². The molecular weight excluding hydrogens is 493 g/mol. The van der Waals surface area contributed by atoms with E-state index in [9.17, 15) is 13.2 Å². The molecule has 0 N–H and O–H groups in total. The van der Waals surface area contributed by atoms with Crippen molar-refractivity contribution in [3.05, 3.63) is 64.5 Å². The van der Waals surface area contributed by atoms with Gasteiger partial charge in [0.15, 0.2) is 28.9 Å². The van der Waals surface area contributed by atoms with Crippen molar-refractivity contribution < 1.29 is 22.7 Å². The molecule has 2 aromatic carbocycles. The molecule has 0 bridgehead atoms. The van der Waals surface area contributed by atoms with Gasteiger partial charge < -0.3 is 19.4 Å². The number of anilines is 1.